The van der Waals surface area contributed by atoms with Crippen molar-refractivity contribution in [1.29, 1.82) is 0 Å². The van der Waals surface area contributed by atoms with Gasteiger partial charge in [0.25, 0.3) is 11.6 Å². The summed E-state index contributed by atoms with van der Waals surface area (Å²) in [5.74, 6) is -0.448. The lowest BCUT2D eigenvalue weighted by atomic mass is 10.1. The summed E-state index contributed by atoms with van der Waals surface area (Å²) in [7, 11) is 0. The number of anilines is 1. The highest BCUT2D eigenvalue weighted by atomic mass is 32.1. The predicted molar refractivity (Wildman–Crippen MR) is 95.7 cm³/mol. The molecule has 0 aliphatic carbocycles. The zero-order valence-electron chi connectivity index (χ0n) is 12.9. The molecule has 2 aromatic carbocycles. The average Bonchev–Trinajstić information content (AvgIpc) is 2.60. The average molecular weight is 344 g/mol. The summed E-state index contributed by atoms with van der Waals surface area (Å²) in [4.78, 5) is 22.0. The second-order valence-electron chi connectivity index (χ2n) is 4.89. The number of amides is 1. The maximum atomic E-state index is 12.0. The summed E-state index contributed by atoms with van der Waals surface area (Å²) in [5, 5.41) is 13.8. The second kappa shape index (κ2) is 8.02. The van der Waals surface area contributed by atoms with Crippen molar-refractivity contribution in [2.24, 2.45) is 0 Å². The fourth-order valence-corrected chi connectivity index (χ4v) is 2.12. The molecule has 0 fully saturated rings. The number of thiocarbonyl (C=S) groups is 1. The van der Waals surface area contributed by atoms with Crippen molar-refractivity contribution in [2.75, 3.05) is 5.32 Å². The number of nitrogens with one attached hydrogen (secondary N) is 3. The van der Waals surface area contributed by atoms with Gasteiger partial charge >= 0.3 is 0 Å². The van der Waals surface area contributed by atoms with E-state index in [-0.39, 0.29) is 16.4 Å². The predicted octanol–water partition coefficient (Wildman–Crippen LogP) is 2.79. The van der Waals surface area contributed by atoms with Crippen LogP contribution in [0.15, 0.2) is 48.5 Å². The molecular formula is C16H16N4O3S. The van der Waals surface area contributed by atoms with Gasteiger partial charge in [0.15, 0.2) is 5.11 Å². The maximum Gasteiger partial charge on any atom is 0.269 e. The molecule has 0 unspecified atom stereocenters. The van der Waals surface area contributed by atoms with Crippen molar-refractivity contribution in [2.45, 2.75) is 13.3 Å². The molecule has 0 heterocycles. The molecule has 3 N–H and O–H groups in total. The van der Waals surface area contributed by atoms with E-state index in [2.05, 4.69) is 23.1 Å². The van der Waals surface area contributed by atoms with Crippen LogP contribution in [-0.2, 0) is 6.42 Å². The summed E-state index contributed by atoms with van der Waals surface area (Å²) in [6, 6.07) is 13.0. The van der Waals surface area contributed by atoms with Crippen molar-refractivity contribution in [1.82, 2.24) is 10.9 Å². The summed E-state index contributed by atoms with van der Waals surface area (Å²) >= 11 is 5.11. The SMILES string of the molecule is CCc1cccc(NC(=S)NNC(=O)c2ccc([N+](=O)[O-])cc2)c1. The van der Waals surface area contributed by atoms with Crippen LogP contribution in [0.4, 0.5) is 11.4 Å². The Hall–Kier alpha value is -3.00. The Balaban J connectivity index is 1.88. The lowest BCUT2D eigenvalue weighted by Crippen LogP contribution is -2.43. The normalized spacial score (nSPS) is 9.88. The first kappa shape index (κ1) is 17.4. The van der Waals surface area contributed by atoms with Gasteiger partial charge in [-0.15, -0.1) is 0 Å². The molecule has 1 amide bonds. The van der Waals surface area contributed by atoms with Crippen LogP contribution in [0.3, 0.4) is 0 Å². The van der Waals surface area contributed by atoms with Crippen LogP contribution in [0.5, 0.6) is 0 Å². The lowest BCUT2D eigenvalue weighted by Gasteiger charge is -2.12. The first-order valence-corrected chi connectivity index (χ1v) is 7.61. The third-order valence-electron chi connectivity index (χ3n) is 3.22. The van der Waals surface area contributed by atoms with Crippen LogP contribution in [-0.4, -0.2) is 15.9 Å². The number of carbonyl (C=O) groups is 1. The van der Waals surface area contributed by atoms with Crippen LogP contribution in [0.25, 0.3) is 0 Å². The van der Waals surface area contributed by atoms with E-state index in [1.807, 2.05) is 24.3 Å². The molecule has 7 nitrogen and oxygen atoms in total. The fraction of sp³-hybridized carbons (Fsp3) is 0.125. The number of benzene rings is 2. The van der Waals surface area contributed by atoms with Gasteiger partial charge in [0.05, 0.1) is 4.92 Å². The fourth-order valence-electron chi connectivity index (χ4n) is 1.95. The highest BCUT2D eigenvalue weighted by Crippen LogP contribution is 2.12. The molecule has 8 heteroatoms. The van der Waals surface area contributed by atoms with Gasteiger partial charge in [-0.25, -0.2) is 0 Å². The summed E-state index contributed by atoms with van der Waals surface area (Å²) in [6.07, 6.45) is 0.909. The van der Waals surface area contributed by atoms with E-state index in [1.165, 1.54) is 24.3 Å². The van der Waals surface area contributed by atoms with Crippen LogP contribution in [0, 0.1) is 10.1 Å². The number of non-ortho nitro benzene ring substituents is 1. The number of hydrazine groups is 1. The molecule has 0 atom stereocenters. The van der Waals surface area contributed by atoms with Gasteiger partial charge in [0.1, 0.15) is 0 Å². The molecule has 0 bridgehead atoms. The standard InChI is InChI=1S/C16H16N4O3S/c1-2-11-4-3-5-13(10-11)17-16(24)19-18-15(21)12-6-8-14(9-7-12)20(22)23/h3-10H,2H2,1H3,(H,18,21)(H2,17,19,24). The summed E-state index contributed by atoms with van der Waals surface area (Å²) < 4.78 is 0. The first-order chi connectivity index (χ1) is 11.5. The highest BCUT2D eigenvalue weighted by molar-refractivity contribution is 7.80. The van der Waals surface area contributed by atoms with Crippen LogP contribution in [0.1, 0.15) is 22.8 Å². The van der Waals surface area contributed by atoms with E-state index in [9.17, 15) is 14.9 Å². The third-order valence-corrected chi connectivity index (χ3v) is 3.43. The number of carbonyl (C=O) groups excluding carboxylic acids is 1. The molecule has 124 valence electrons. The molecule has 24 heavy (non-hydrogen) atoms. The van der Waals surface area contributed by atoms with E-state index < -0.39 is 10.8 Å². The maximum absolute atomic E-state index is 12.0. The third kappa shape index (κ3) is 4.75. The zero-order chi connectivity index (χ0) is 17.5. The number of hydrogen-bond acceptors (Lipinski definition) is 4. The smallest absolute Gasteiger partial charge is 0.269 e. The molecule has 0 aliphatic heterocycles. The molecule has 0 saturated heterocycles. The molecule has 2 rings (SSSR count). The molecule has 0 aromatic heterocycles. The minimum atomic E-state index is -0.524. The van der Waals surface area contributed by atoms with Gasteiger partial charge < -0.3 is 5.32 Å². The number of nitro groups is 1. The van der Waals surface area contributed by atoms with E-state index >= 15 is 0 Å². The van der Waals surface area contributed by atoms with Crippen LogP contribution in [0.2, 0.25) is 0 Å². The summed E-state index contributed by atoms with van der Waals surface area (Å²) in [6.45, 7) is 2.06. The Morgan fingerprint density at radius 3 is 2.50 bits per heavy atom. The second-order valence-corrected chi connectivity index (χ2v) is 5.30. The quantitative estimate of drug-likeness (QED) is 0.448. The van der Waals surface area contributed by atoms with Crippen LogP contribution < -0.4 is 16.2 Å². The van der Waals surface area contributed by atoms with E-state index in [1.54, 1.807) is 0 Å². The largest absolute Gasteiger partial charge is 0.331 e. The number of nitro benzene ring substituents is 1. The Morgan fingerprint density at radius 1 is 1.17 bits per heavy atom. The monoisotopic (exact) mass is 344 g/mol. The first-order valence-electron chi connectivity index (χ1n) is 7.20. The van der Waals surface area contributed by atoms with Crippen molar-refractivity contribution in [3.05, 3.63) is 69.8 Å². The zero-order valence-corrected chi connectivity index (χ0v) is 13.7. The molecule has 0 spiro atoms. The van der Waals surface area contributed by atoms with Gasteiger partial charge in [0, 0.05) is 23.4 Å². The minimum absolute atomic E-state index is 0.0764. The highest BCUT2D eigenvalue weighted by Gasteiger charge is 2.09. The van der Waals surface area contributed by atoms with Gasteiger partial charge in [-0.05, 0) is 48.5 Å². The number of rotatable bonds is 4. The van der Waals surface area contributed by atoms with E-state index in [4.69, 9.17) is 12.2 Å². The molecule has 0 radical (unpaired) electrons. The molecule has 0 saturated carbocycles. The number of hydrogen-bond donors (Lipinski definition) is 3. The minimum Gasteiger partial charge on any atom is -0.331 e. The number of aryl methyl sites for hydroxylation is 1. The van der Waals surface area contributed by atoms with Crippen LogP contribution >= 0.6 is 12.2 Å². The van der Waals surface area contributed by atoms with Crippen molar-refractivity contribution in [3.63, 3.8) is 0 Å². The number of nitrogens with zero attached hydrogens (tertiary/aromatic N) is 1. The van der Waals surface area contributed by atoms with Crippen molar-refractivity contribution < 1.29 is 9.72 Å². The van der Waals surface area contributed by atoms with E-state index in [0.29, 0.717) is 0 Å². The molecule has 0 aliphatic rings. The Morgan fingerprint density at radius 2 is 1.88 bits per heavy atom. The summed E-state index contributed by atoms with van der Waals surface area (Å²) in [5.41, 5.74) is 7.21. The van der Waals surface area contributed by atoms with Gasteiger partial charge in [-0.1, -0.05) is 19.1 Å². The van der Waals surface area contributed by atoms with Gasteiger partial charge in [-0.2, -0.15) is 0 Å². The topological polar surface area (TPSA) is 96.3 Å². The van der Waals surface area contributed by atoms with Gasteiger partial charge in [-0.3, -0.25) is 25.8 Å². The van der Waals surface area contributed by atoms with E-state index in [0.717, 1.165) is 17.7 Å². The Bertz CT molecular complexity index is 762. The molecule has 2 aromatic rings. The Kier molecular flexibility index (Phi) is 5.80. The molecular weight excluding hydrogens is 328 g/mol. The van der Waals surface area contributed by atoms with Gasteiger partial charge in [0.2, 0.25) is 0 Å². The van der Waals surface area contributed by atoms with Crippen molar-refractivity contribution in [3.8, 4) is 0 Å². The van der Waals surface area contributed by atoms with Crippen molar-refractivity contribution >= 4 is 34.6 Å². The Labute approximate surface area is 144 Å². The lowest BCUT2D eigenvalue weighted by molar-refractivity contribution is -0.384.